The highest BCUT2D eigenvalue weighted by Gasteiger charge is 2.71. The van der Waals surface area contributed by atoms with Crippen LogP contribution in [0.25, 0.3) is 0 Å². The molecular formula is C36H62O7. The molecule has 5 N–H and O–H groups in total. The number of fused-ring (bicyclic) bond motifs is 5. The minimum absolute atomic E-state index is 0.0488. The lowest BCUT2D eigenvalue weighted by Gasteiger charge is -2.70. The van der Waals surface area contributed by atoms with Gasteiger partial charge in [0.2, 0.25) is 0 Å². The second-order valence-electron chi connectivity index (χ2n) is 17.2. The predicted octanol–water partition coefficient (Wildman–Crippen LogP) is 5.35. The Morgan fingerprint density at radius 3 is 2.19 bits per heavy atom. The lowest BCUT2D eigenvalue weighted by Crippen LogP contribution is -2.66. The average Bonchev–Trinajstić information content (AvgIpc) is 3.30. The molecule has 7 unspecified atom stereocenters. The van der Waals surface area contributed by atoms with E-state index in [4.69, 9.17) is 9.47 Å². The molecule has 0 aromatic rings. The third-order valence-electron chi connectivity index (χ3n) is 14.4. The summed E-state index contributed by atoms with van der Waals surface area (Å²) in [5, 5.41) is 54.3. The molecule has 5 fully saturated rings. The molecule has 7 nitrogen and oxygen atoms in total. The fourth-order valence-electron chi connectivity index (χ4n) is 11.8. The highest BCUT2D eigenvalue weighted by Crippen LogP contribution is 2.76. The molecule has 4 aliphatic carbocycles. The second kappa shape index (κ2) is 11.6. The maximum atomic E-state index is 12.2. The van der Waals surface area contributed by atoms with Gasteiger partial charge in [-0.3, -0.25) is 0 Å². The fourth-order valence-corrected chi connectivity index (χ4v) is 11.8. The van der Waals surface area contributed by atoms with Crippen LogP contribution in [0.3, 0.4) is 0 Å². The summed E-state index contributed by atoms with van der Waals surface area (Å²) < 4.78 is 12.8. The fraction of sp³-hybridized carbons (Fsp3) is 0.944. The van der Waals surface area contributed by atoms with Crippen LogP contribution in [-0.2, 0) is 9.47 Å². The molecule has 0 radical (unpaired) electrons. The molecule has 248 valence electrons. The minimum atomic E-state index is -0.994. The summed E-state index contributed by atoms with van der Waals surface area (Å²) in [6.07, 6.45) is 6.25. The summed E-state index contributed by atoms with van der Waals surface area (Å²) in [5.74, 6) is 0.937. The monoisotopic (exact) mass is 606 g/mol. The number of aliphatic hydroxyl groups is 5. The number of rotatable bonds is 7. The van der Waals surface area contributed by atoms with Crippen LogP contribution in [0.15, 0.2) is 11.6 Å². The zero-order chi connectivity index (χ0) is 31.8. The van der Waals surface area contributed by atoms with Gasteiger partial charge in [-0.05, 0) is 124 Å². The van der Waals surface area contributed by atoms with Gasteiger partial charge in [0.15, 0.2) is 6.29 Å². The maximum Gasteiger partial charge on any atom is 0.184 e. The average molecular weight is 607 g/mol. The van der Waals surface area contributed by atoms with E-state index in [1.165, 1.54) is 5.57 Å². The van der Waals surface area contributed by atoms with Gasteiger partial charge in [0.05, 0.1) is 30.5 Å². The van der Waals surface area contributed by atoms with Gasteiger partial charge in [-0.15, -0.1) is 0 Å². The second-order valence-corrected chi connectivity index (χ2v) is 17.2. The lowest BCUT2D eigenvalue weighted by molar-refractivity contribution is -0.316. The zero-order valence-electron chi connectivity index (χ0n) is 28.2. The molecule has 0 aromatic carbocycles. The normalized spacial score (nSPS) is 50.6. The third-order valence-corrected chi connectivity index (χ3v) is 14.4. The molecule has 14 atom stereocenters. The first-order valence-corrected chi connectivity index (χ1v) is 17.2. The van der Waals surface area contributed by atoms with Crippen LogP contribution in [0.2, 0.25) is 0 Å². The standard InChI is InChI=1S/C36H62O7/c1-21(2)10-9-14-36(8,43-31-25(40)18-23(38)26(20-37)42-31)22-11-16-35(7)30(22)24(39)19-28-33(5)15-13-29(41)32(3,4)27(33)12-17-34(28,35)6/h10,22-31,37-41H,9,11-20H2,1-8H3/t22?,23-,24-,25?,26?,27?,28?,29+,30?,31+,33+,34-,35-,36?/m1/s1. The first kappa shape index (κ1) is 33.8. The molecule has 0 amide bonds. The van der Waals surface area contributed by atoms with E-state index in [-0.39, 0.29) is 52.6 Å². The van der Waals surface area contributed by atoms with Gasteiger partial charge >= 0.3 is 0 Å². The van der Waals surface area contributed by atoms with Crippen molar-refractivity contribution < 1.29 is 35.0 Å². The quantitative estimate of drug-likeness (QED) is 0.248. The number of aliphatic hydroxyl groups excluding tert-OH is 5. The number of hydrogen-bond acceptors (Lipinski definition) is 7. The van der Waals surface area contributed by atoms with Crippen molar-refractivity contribution >= 4 is 0 Å². The van der Waals surface area contributed by atoms with Crippen molar-refractivity contribution in [2.45, 2.75) is 162 Å². The zero-order valence-corrected chi connectivity index (χ0v) is 28.2. The van der Waals surface area contributed by atoms with Crippen LogP contribution >= 0.6 is 0 Å². The van der Waals surface area contributed by atoms with Crippen LogP contribution in [0, 0.1) is 45.3 Å². The Balaban J connectivity index is 1.48. The van der Waals surface area contributed by atoms with E-state index in [0.717, 1.165) is 57.8 Å². The van der Waals surface area contributed by atoms with E-state index in [1.54, 1.807) is 0 Å². The number of hydrogen-bond donors (Lipinski definition) is 5. The van der Waals surface area contributed by atoms with Gasteiger partial charge in [0.25, 0.3) is 0 Å². The highest BCUT2D eigenvalue weighted by atomic mass is 16.7. The Labute approximate surface area is 260 Å². The van der Waals surface area contributed by atoms with Crippen LogP contribution in [0.4, 0.5) is 0 Å². The summed E-state index contributed by atoms with van der Waals surface area (Å²) in [6.45, 7) is 17.9. The smallest absolute Gasteiger partial charge is 0.184 e. The Morgan fingerprint density at radius 2 is 1.53 bits per heavy atom. The molecule has 4 saturated carbocycles. The van der Waals surface area contributed by atoms with E-state index in [9.17, 15) is 25.5 Å². The highest BCUT2D eigenvalue weighted by molar-refractivity contribution is 5.20. The van der Waals surface area contributed by atoms with Crippen LogP contribution in [-0.4, -0.2) is 74.6 Å². The van der Waals surface area contributed by atoms with Gasteiger partial charge in [0, 0.05) is 6.42 Å². The molecule has 1 heterocycles. The first-order valence-electron chi connectivity index (χ1n) is 17.2. The van der Waals surface area contributed by atoms with Crippen LogP contribution < -0.4 is 0 Å². The summed E-state index contributed by atoms with van der Waals surface area (Å²) in [5.41, 5.74) is 0.493. The topological polar surface area (TPSA) is 120 Å². The molecule has 1 aliphatic heterocycles. The number of allylic oxidation sites excluding steroid dienone is 2. The van der Waals surface area contributed by atoms with E-state index in [0.29, 0.717) is 11.8 Å². The van der Waals surface area contributed by atoms with Gasteiger partial charge in [-0.25, -0.2) is 0 Å². The van der Waals surface area contributed by atoms with Crippen LogP contribution in [0.5, 0.6) is 0 Å². The lowest BCUT2D eigenvalue weighted by atomic mass is 9.35. The van der Waals surface area contributed by atoms with E-state index in [1.807, 2.05) is 0 Å². The predicted molar refractivity (Wildman–Crippen MR) is 167 cm³/mol. The van der Waals surface area contributed by atoms with Gasteiger partial charge < -0.3 is 35.0 Å². The summed E-state index contributed by atoms with van der Waals surface area (Å²) in [4.78, 5) is 0. The molecule has 7 heteroatoms. The molecule has 0 bridgehead atoms. The molecule has 0 spiro atoms. The van der Waals surface area contributed by atoms with Crippen molar-refractivity contribution in [2.24, 2.45) is 45.3 Å². The Morgan fingerprint density at radius 1 is 0.860 bits per heavy atom. The largest absolute Gasteiger partial charge is 0.394 e. The number of ether oxygens (including phenoxy) is 2. The van der Waals surface area contributed by atoms with Crippen molar-refractivity contribution in [3.63, 3.8) is 0 Å². The summed E-state index contributed by atoms with van der Waals surface area (Å²) >= 11 is 0. The van der Waals surface area contributed by atoms with E-state index >= 15 is 0 Å². The van der Waals surface area contributed by atoms with Gasteiger partial charge in [0.1, 0.15) is 12.2 Å². The van der Waals surface area contributed by atoms with Gasteiger partial charge in [-0.2, -0.15) is 0 Å². The molecule has 0 aromatic heterocycles. The van der Waals surface area contributed by atoms with Crippen molar-refractivity contribution in [1.82, 2.24) is 0 Å². The molecule has 1 saturated heterocycles. The minimum Gasteiger partial charge on any atom is -0.394 e. The van der Waals surface area contributed by atoms with Crippen LogP contribution in [0.1, 0.15) is 120 Å². The molecule has 5 rings (SSSR count). The molecular weight excluding hydrogens is 544 g/mol. The summed E-state index contributed by atoms with van der Waals surface area (Å²) in [6, 6.07) is 0. The summed E-state index contributed by atoms with van der Waals surface area (Å²) in [7, 11) is 0. The van der Waals surface area contributed by atoms with Crippen molar-refractivity contribution in [3.8, 4) is 0 Å². The van der Waals surface area contributed by atoms with Crippen molar-refractivity contribution in [3.05, 3.63) is 11.6 Å². The van der Waals surface area contributed by atoms with Crippen molar-refractivity contribution in [2.75, 3.05) is 6.61 Å². The third kappa shape index (κ3) is 5.29. The first-order chi connectivity index (χ1) is 19.9. The Hall–Kier alpha value is -0.540. The molecule has 5 aliphatic rings. The Bertz CT molecular complexity index is 1040. The maximum absolute atomic E-state index is 12.2. The van der Waals surface area contributed by atoms with E-state index < -0.39 is 36.3 Å². The van der Waals surface area contributed by atoms with Crippen molar-refractivity contribution in [1.29, 1.82) is 0 Å². The van der Waals surface area contributed by atoms with E-state index in [2.05, 4.69) is 61.5 Å². The Kier molecular flexibility index (Phi) is 9.13. The SMILES string of the molecule is CC(C)=CCCC(C)(O[C@@H]1OC(CO)[C@H](O)CC1O)C1CC[C@]2(C)C1[C@H](O)CC1[C@@]3(C)CC[C@H](O)C(C)(C)C3CC[C@]12C. The van der Waals surface area contributed by atoms with Gasteiger partial charge in [-0.1, -0.05) is 46.3 Å². The molecule has 43 heavy (non-hydrogen) atoms.